The van der Waals surface area contributed by atoms with Crippen molar-refractivity contribution >= 4 is 23.6 Å². The van der Waals surface area contributed by atoms with Crippen molar-refractivity contribution in [1.82, 2.24) is 14.7 Å². The molecule has 1 aliphatic rings. The molecule has 0 unspecified atom stereocenters. The number of rotatable bonds is 8. The first-order valence-corrected chi connectivity index (χ1v) is 11.8. The number of likely N-dealkylation sites (N-methyl/N-ethyl adjacent to an activating group) is 1. The summed E-state index contributed by atoms with van der Waals surface area (Å²) in [6, 6.07) is 13.8. The molecule has 0 spiro atoms. The smallest absolute Gasteiger partial charge is 0.453 e. The standard InChI is InChI=1S/C26H31F3N4O4/c1-30(2)14-15-31(16-19-8-5-4-6-9-19)23(34)18-33(24(35)26(27,28)29)22-11-7-10-20-12-13-32(17-21(20)22)25(36)37-3/h4-11H,12-18H2,1-3H3. The van der Waals surface area contributed by atoms with Crippen LogP contribution in [0.3, 0.4) is 0 Å². The van der Waals surface area contributed by atoms with E-state index in [9.17, 15) is 27.6 Å². The Kier molecular flexibility index (Phi) is 9.14. The fraction of sp³-hybridized carbons (Fsp3) is 0.423. The number of methoxy groups -OCH3 is 1. The van der Waals surface area contributed by atoms with Gasteiger partial charge in [-0.25, -0.2) is 4.79 Å². The molecule has 0 N–H and O–H groups in total. The van der Waals surface area contributed by atoms with Crippen molar-refractivity contribution in [3.05, 3.63) is 65.2 Å². The van der Waals surface area contributed by atoms with Crippen LogP contribution in [-0.2, 0) is 33.8 Å². The van der Waals surface area contributed by atoms with E-state index in [-0.39, 0.29) is 25.3 Å². The number of amides is 3. The van der Waals surface area contributed by atoms with Gasteiger partial charge in [0.2, 0.25) is 5.91 Å². The van der Waals surface area contributed by atoms with Gasteiger partial charge < -0.3 is 19.4 Å². The maximum Gasteiger partial charge on any atom is 0.471 e. The third-order valence-corrected chi connectivity index (χ3v) is 6.14. The zero-order valence-corrected chi connectivity index (χ0v) is 21.1. The summed E-state index contributed by atoms with van der Waals surface area (Å²) in [7, 11) is 4.87. The Hall–Kier alpha value is -3.60. The van der Waals surface area contributed by atoms with Crippen LogP contribution in [0.25, 0.3) is 0 Å². The van der Waals surface area contributed by atoms with Crippen LogP contribution in [0.2, 0.25) is 0 Å². The molecule has 0 bridgehead atoms. The molecule has 3 rings (SSSR count). The van der Waals surface area contributed by atoms with Crippen LogP contribution < -0.4 is 4.90 Å². The van der Waals surface area contributed by atoms with E-state index in [1.807, 2.05) is 49.3 Å². The van der Waals surface area contributed by atoms with Gasteiger partial charge in [0.1, 0.15) is 6.54 Å². The maximum absolute atomic E-state index is 13.7. The number of hydrogen-bond acceptors (Lipinski definition) is 5. The molecule has 2 aromatic rings. The van der Waals surface area contributed by atoms with E-state index in [1.165, 1.54) is 23.0 Å². The van der Waals surface area contributed by atoms with E-state index in [1.54, 1.807) is 12.1 Å². The second-order valence-corrected chi connectivity index (χ2v) is 9.05. The topological polar surface area (TPSA) is 73.4 Å². The van der Waals surface area contributed by atoms with E-state index in [0.717, 1.165) is 5.56 Å². The summed E-state index contributed by atoms with van der Waals surface area (Å²) < 4.78 is 45.9. The van der Waals surface area contributed by atoms with Gasteiger partial charge in [-0.2, -0.15) is 13.2 Å². The number of halogens is 3. The van der Waals surface area contributed by atoms with Crippen molar-refractivity contribution in [1.29, 1.82) is 0 Å². The Balaban J connectivity index is 1.96. The molecule has 0 saturated carbocycles. The van der Waals surface area contributed by atoms with E-state index in [4.69, 9.17) is 4.74 Å². The lowest BCUT2D eigenvalue weighted by Gasteiger charge is -2.33. The highest BCUT2D eigenvalue weighted by atomic mass is 19.4. The average molecular weight is 521 g/mol. The first-order valence-electron chi connectivity index (χ1n) is 11.8. The highest BCUT2D eigenvalue weighted by Crippen LogP contribution is 2.32. The second kappa shape index (κ2) is 12.1. The highest BCUT2D eigenvalue weighted by Gasteiger charge is 2.45. The summed E-state index contributed by atoms with van der Waals surface area (Å²) in [4.78, 5) is 43.3. The van der Waals surface area contributed by atoms with Crippen LogP contribution in [0, 0.1) is 0 Å². The van der Waals surface area contributed by atoms with Crippen molar-refractivity contribution < 1.29 is 32.3 Å². The fourth-order valence-electron chi connectivity index (χ4n) is 4.17. The van der Waals surface area contributed by atoms with E-state index >= 15 is 0 Å². The first kappa shape index (κ1) is 28.0. The fourth-order valence-corrected chi connectivity index (χ4v) is 4.17. The number of alkyl halides is 3. The number of carbonyl (C=O) groups is 3. The van der Waals surface area contributed by atoms with Gasteiger partial charge in [-0.1, -0.05) is 42.5 Å². The Morgan fingerprint density at radius 3 is 2.32 bits per heavy atom. The largest absolute Gasteiger partial charge is 0.471 e. The third-order valence-electron chi connectivity index (χ3n) is 6.14. The Bertz CT molecular complexity index is 1110. The third kappa shape index (κ3) is 7.22. The van der Waals surface area contributed by atoms with E-state index < -0.39 is 30.6 Å². The number of anilines is 1. The molecule has 1 heterocycles. The molecule has 2 aromatic carbocycles. The molecule has 0 aliphatic carbocycles. The van der Waals surface area contributed by atoms with Crippen molar-refractivity contribution in [2.45, 2.75) is 25.7 Å². The highest BCUT2D eigenvalue weighted by molar-refractivity contribution is 6.02. The van der Waals surface area contributed by atoms with Crippen molar-refractivity contribution in [3.8, 4) is 0 Å². The second-order valence-electron chi connectivity index (χ2n) is 9.05. The average Bonchev–Trinajstić information content (AvgIpc) is 2.88. The van der Waals surface area contributed by atoms with Gasteiger partial charge in [0.25, 0.3) is 0 Å². The van der Waals surface area contributed by atoms with Gasteiger partial charge in [0.15, 0.2) is 0 Å². The zero-order valence-electron chi connectivity index (χ0n) is 21.1. The van der Waals surface area contributed by atoms with Crippen LogP contribution in [0.1, 0.15) is 16.7 Å². The molecular weight excluding hydrogens is 489 g/mol. The van der Waals surface area contributed by atoms with Crippen LogP contribution in [0.15, 0.2) is 48.5 Å². The number of benzene rings is 2. The van der Waals surface area contributed by atoms with Crippen LogP contribution in [0.4, 0.5) is 23.7 Å². The lowest BCUT2D eigenvalue weighted by atomic mass is 9.97. The molecule has 8 nitrogen and oxygen atoms in total. The lowest BCUT2D eigenvalue weighted by Crippen LogP contribution is -2.49. The summed E-state index contributed by atoms with van der Waals surface area (Å²) in [6.07, 6.45) is -5.44. The van der Waals surface area contributed by atoms with E-state index in [0.29, 0.717) is 35.5 Å². The van der Waals surface area contributed by atoms with Gasteiger partial charge in [0, 0.05) is 31.9 Å². The number of nitrogens with zero attached hydrogens (tertiary/aromatic N) is 4. The number of fused-ring (bicyclic) bond motifs is 1. The molecule has 3 amide bonds. The van der Waals surface area contributed by atoms with Crippen LogP contribution in [0.5, 0.6) is 0 Å². The molecular formula is C26H31F3N4O4. The molecule has 0 aromatic heterocycles. The van der Waals surface area contributed by atoms with Crippen molar-refractivity contribution in [3.63, 3.8) is 0 Å². The number of hydrogen-bond donors (Lipinski definition) is 0. The van der Waals surface area contributed by atoms with Gasteiger partial charge in [-0.05, 0) is 43.3 Å². The Morgan fingerprint density at radius 1 is 1.00 bits per heavy atom. The minimum Gasteiger partial charge on any atom is -0.453 e. The molecule has 0 saturated heterocycles. The minimum absolute atomic E-state index is 0.0393. The number of carbonyl (C=O) groups excluding carboxylic acids is 3. The summed E-state index contributed by atoms with van der Waals surface area (Å²) in [5, 5.41) is 0. The van der Waals surface area contributed by atoms with Crippen LogP contribution >= 0.6 is 0 Å². The molecule has 11 heteroatoms. The summed E-state index contributed by atoms with van der Waals surface area (Å²) in [5.74, 6) is -2.77. The van der Waals surface area contributed by atoms with Gasteiger partial charge in [-0.3, -0.25) is 14.5 Å². The van der Waals surface area contributed by atoms with Gasteiger partial charge in [-0.15, -0.1) is 0 Å². The van der Waals surface area contributed by atoms with E-state index in [2.05, 4.69) is 0 Å². The van der Waals surface area contributed by atoms with Gasteiger partial charge >= 0.3 is 18.2 Å². The zero-order chi connectivity index (χ0) is 27.2. The van der Waals surface area contributed by atoms with Crippen molar-refractivity contribution in [2.24, 2.45) is 0 Å². The van der Waals surface area contributed by atoms with Gasteiger partial charge in [0.05, 0.1) is 13.7 Å². The first-order chi connectivity index (χ1) is 17.5. The predicted molar refractivity (Wildman–Crippen MR) is 132 cm³/mol. The number of ether oxygens (including phenoxy) is 1. The predicted octanol–water partition coefficient (Wildman–Crippen LogP) is 3.30. The maximum atomic E-state index is 13.7. The monoisotopic (exact) mass is 520 g/mol. The van der Waals surface area contributed by atoms with Crippen LogP contribution in [-0.4, -0.2) is 86.2 Å². The normalized spacial score (nSPS) is 13.2. The molecule has 0 atom stereocenters. The summed E-state index contributed by atoms with van der Waals surface area (Å²) in [5.41, 5.74) is 1.86. The quantitative estimate of drug-likeness (QED) is 0.534. The summed E-state index contributed by atoms with van der Waals surface area (Å²) in [6.45, 7) is 0.420. The molecule has 0 radical (unpaired) electrons. The SMILES string of the molecule is COC(=O)N1CCc2cccc(N(CC(=O)N(CCN(C)C)Cc3ccccc3)C(=O)C(F)(F)F)c2C1. The van der Waals surface area contributed by atoms with Crippen molar-refractivity contribution in [2.75, 3.05) is 52.3 Å². The minimum atomic E-state index is -5.20. The Morgan fingerprint density at radius 2 is 1.70 bits per heavy atom. The molecule has 37 heavy (non-hydrogen) atoms. The summed E-state index contributed by atoms with van der Waals surface area (Å²) >= 11 is 0. The molecule has 0 fully saturated rings. The Labute approximate surface area is 214 Å². The molecule has 1 aliphatic heterocycles. The molecule has 200 valence electrons. The lowest BCUT2D eigenvalue weighted by molar-refractivity contribution is -0.170.